The van der Waals surface area contributed by atoms with Crippen molar-refractivity contribution in [3.8, 4) is 0 Å². The summed E-state index contributed by atoms with van der Waals surface area (Å²) in [6, 6.07) is 0. The fraction of sp³-hybridized carbons (Fsp3) is 1.00. The van der Waals surface area contributed by atoms with E-state index in [1.807, 2.05) is 6.92 Å². The lowest BCUT2D eigenvalue weighted by atomic mass is 10.7. The maximum Gasteiger partial charge on any atom is 0.0653 e. The van der Waals surface area contributed by atoms with Gasteiger partial charge in [-0.15, -0.1) is 17.0 Å². The molecule has 5 heteroatoms. The maximum absolute atomic E-state index is 5.13. The predicted octanol–water partition coefficient (Wildman–Crippen LogP) is 0.226. The first-order valence-electron chi connectivity index (χ1n) is 2.46. The van der Waals surface area contributed by atoms with E-state index in [1.165, 1.54) is 0 Å². The molecule has 0 aromatic rings. The van der Waals surface area contributed by atoms with Crippen LogP contribution in [0.2, 0.25) is 0 Å². The summed E-state index contributed by atoms with van der Waals surface area (Å²) >= 11 is 0. The molecule has 6 N–H and O–H groups in total. The SMILES string of the molecule is Br.CCONCCN.N. The van der Waals surface area contributed by atoms with Gasteiger partial charge in [-0.2, -0.15) is 0 Å². The van der Waals surface area contributed by atoms with Crippen LogP contribution in [0.5, 0.6) is 0 Å². The van der Waals surface area contributed by atoms with Crippen LogP contribution >= 0.6 is 17.0 Å². The number of hydrogen-bond acceptors (Lipinski definition) is 4. The molecule has 0 spiro atoms. The molecule has 0 rings (SSSR count). The molecule has 0 atom stereocenters. The Morgan fingerprint density at radius 3 is 2.44 bits per heavy atom. The third-order valence-corrected chi connectivity index (χ3v) is 0.493. The fourth-order valence-electron chi connectivity index (χ4n) is 0.233. The van der Waals surface area contributed by atoms with Crippen molar-refractivity contribution in [3.05, 3.63) is 0 Å². The number of nitrogens with one attached hydrogen (secondary N) is 1. The molecule has 9 heavy (non-hydrogen) atoms. The van der Waals surface area contributed by atoms with Crippen molar-refractivity contribution in [2.24, 2.45) is 5.73 Å². The number of nitrogens with two attached hydrogens (primary N) is 1. The molecule has 0 fully saturated rings. The first-order valence-corrected chi connectivity index (χ1v) is 2.46. The van der Waals surface area contributed by atoms with Crippen LogP contribution < -0.4 is 17.4 Å². The first-order chi connectivity index (χ1) is 3.41. The molecule has 0 aromatic carbocycles. The zero-order valence-electron chi connectivity index (χ0n) is 5.72. The molecule has 4 nitrogen and oxygen atoms in total. The molecule has 0 unspecified atom stereocenters. The number of rotatable bonds is 4. The maximum atomic E-state index is 5.13. The largest absolute Gasteiger partial charge is 0.344 e. The second-order valence-corrected chi connectivity index (χ2v) is 1.12. The molecule has 0 bridgehead atoms. The zero-order valence-corrected chi connectivity index (χ0v) is 7.44. The van der Waals surface area contributed by atoms with Crippen molar-refractivity contribution in [2.45, 2.75) is 6.92 Å². The Morgan fingerprint density at radius 2 is 2.11 bits per heavy atom. The van der Waals surface area contributed by atoms with Crippen LogP contribution in [0.4, 0.5) is 0 Å². The van der Waals surface area contributed by atoms with Gasteiger partial charge in [0.15, 0.2) is 0 Å². The molecule has 0 amide bonds. The van der Waals surface area contributed by atoms with E-state index >= 15 is 0 Å². The van der Waals surface area contributed by atoms with Crippen LogP contribution in [-0.4, -0.2) is 19.7 Å². The molecule has 60 valence electrons. The number of hydroxylamine groups is 1. The molecule has 0 aliphatic carbocycles. The van der Waals surface area contributed by atoms with Crippen molar-refractivity contribution in [1.82, 2.24) is 11.6 Å². The van der Waals surface area contributed by atoms with Gasteiger partial charge in [0.1, 0.15) is 0 Å². The molecule has 0 aliphatic rings. The normalized spacial score (nSPS) is 7.33. The summed E-state index contributed by atoms with van der Waals surface area (Å²) in [4.78, 5) is 4.74. The molecule has 0 heterocycles. The third kappa shape index (κ3) is 17.8. The average Bonchev–Trinajstić information content (AvgIpc) is 1.69. The Hall–Kier alpha value is 0.320. The van der Waals surface area contributed by atoms with Crippen LogP contribution in [0.1, 0.15) is 6.92 Å². The van der Waals surface area contributed by atoms with E-state index in [0.717, 1.165) is 6.54 Å². The molecular weight excluding hydrogens is 186 g/mol. The van der Waals surface area contributed by atoms with E-state index in [-0.39, 0.29) is 23.1 Å². The minimum Gasteiger partial charge on any atom is -0.344 e. The highest BCUT2D eigenvalue weighted by atomic mass is 79.9. The van der Waals surface area contributed by atoms with Crippen molar-refractivity contribution >= 4 is 17.0 Å². The van der Waals surface area contributed by atoms with Crippen molar-refractivity contribution < 1.29 is 4.84 Å². The lowest BCUT2D eigenvalue weighted by molar-refractivity contribution is 0.0532. The summed E-state index contributed by atoms with van der Waals surface area (Å²) in [5.74, 6) is 0. The van der Waals surface area contributed by atoms with Gasteiger partial charge in [0.25, 0.3) is 0 Å². The molecule has 0 aliphatic heterocycles. The van der Waals surface area contributed by atoms with Gasteiger partial charge in [0.2, 0.25) is 0 Å². The van der Waals surface area contributed by atoms with E-state index in [0.29, 0.717) is 13.2 Å². The van der Waals surface area contributed by atoms with Gasteiger partial charge in [0, 0.05) is 13.1 Å². The highest BCUT2D eigenvalue weighted by Crippen LogP contribution is 1.59. The number of halogens is 1. The van der Waals surface area contributed by atoms with Crippen LogP contribution in [0.15, 0.2) is 0 Å². The second-order valence-electron chi connectivity index (χ2n) is 1.12. The van der Waals surface area contributed by atoms with Crippen molar-refractivity contribution in [2.75, 3.05) is 19.7 Å². The Bertz CT molecular complexity index is 35.0. The van der Waals surface area contributed by atoms with Gasteiger partial charge in [-0.05, 0) is 6.92 Å². The second kappa shape index (κ2) is 15.8. The van der Waals surface area contributed by atoms with Crippen molar-refractivity contribution in [3.63, 3.8) is 0 Å². The fourth-order valence-corrected chi connectivity index (χ4v) is 0.233. The Morgan fingerprint density at radius 1 is 1.56 bits per heavy atom. The monoisotopic (exact) mass is 201 g/mol. The zero-order chi connectivity index (χ0) is 5.54. The summed E-state index contributed by atoms with van der Waals surface area (Å²) in [7, 11) is 0. The molecule has 0 aromatic heterocycles. The Kier molecular flexibility index (Phi) is 28.3. The summed E-state index contributed by atoms with van der Waals surface area (Å²) in [6.07, 6.45) is 0. The standard InChI is InChI=1S/C4H12N2O.BrH.H3N/c1-2-7-6-4-3-5;;/h6H,2-5H2,1H3;1H;1H3. The Balaban J connectivity index is -0.000000180. The molecule has 0 radical (unpaired) electrons. The van der Waals surface area contributed by atoms with Crippen LogP contribution in [-0.2, 0) is 4.84 Å². The average molecular weight is 202 g/mol. The summed E-state index contributed by atoms with van der Waals surface area (Å²) in [6.45, 7) is 3.97. The topological polar surface area (TPSA) is 82.3 Å². The summed E-state index contributed by atoms with van der Waals surface area (Å²) in [5.41, 5.74) is 7.79. The number of hydrogen-bond donors (Lipinski definition) is 3. The first kappa shape index (κ1) is 16.2. The van der Waals surface area contributed by atoms with E-state index in [4.69, 9.17) is 10.6 Å². The van der Waals surface area contributed by atoms with Crippen LogP contribution in [0.25, 0.3) is 0 Å². The summed E-state index contributed by atoms with van der Waals surface area (Å²) < 4.78 is 0. The minimum absolute atomic E-state index is 0. The lowest BCUT2D eigenvalue weighted by Gasteiger charge is -1.97. The Labute approximate surface area is 66.4 Å². The van der Waals surface area contributed by atoms with E-state index in [9.17, 15) is 0 Å². The third-order valence-electron chi connectivity index (χ3n) is 0.493. The molecular formula is C4H16BrN3O. The van der Waals surface area contributed by atoms with Gasteiger partial charge in [-0.25, -0.2) is 5.48 Å². The van der Waals surface area contributed by atoms with Crippen LogP contribution in [0, 0.1) is 0 Å². The van der Waals surface area contributed by atoms with Gasteiger partial charge in [0.05, 0.1) is 6.61 Å². The van der Waals surface area contributed by atoms with Gasteiger partial charge >= 0.3 is 0 Å². The predicted molar refractivity (Wildman–Crippen MR) is 44.0 cm³/mol. The molecule has 0 saturated carbocycles. The van der Waals surface area contributed by atoms with Crippen LogP contribution in [0.3, 0.4) is 0 Å². The molecule has 0 saturated heterocycles. The van der Waals surface area contributed by atoms with Gasteiger partial charge < -0.3 is 16.7 Å². The minimum atomic E-state index is 0. The lowest BCUT2D eigenvalue weighted by Crippen LogP contribution is -2.22. The van der Waals surface area contributed by atoms with E-state index < -0.39 is 0 Å². The summed E-state index contributed by atoms with van der Waals surface area (Å²) in [5, 5.41) is 0. The quantitative estimate of drug-likeness (QED) is 0.450. The highest BCUT2D eigenvalue weighted by molar-refractivity contribution is 8.93. The van der Waals surface area contributed by atoms with Gasteiger partial charge in [-0.3, -0.25) is 0 Å². The van der Waals surface area contributed by atoms with Crippen molar-refractivity contribution in [1.29, 1.82) is 0 Å². The van der Waals surface area contributed by atoms with Gasteiger partial charge in [-0.1, -0.05) is 0 Å². The smallest absolute Gasteiger partial charge is 0.0653 e. The van der Waals surface area contributed by atoms with E-state index in [2.05, 4.69) is 5.48 Å². The van der Waals surface area contributed by atoms with E-state index in [1.54, 1.807) is 0 Å². The highest BCUT2D eigenvalue weighted by Gasteiger charge is 1.75.